The van der Waals surface area contributed by atoms with Crippen LogP contribution in [0.5, 0.6) is 0 Å². The maximum atomic E-state index is 12.8. The summed E-state index contributed by atoms with van der Waals surface area (Å²) in [6, 6.07) is 6.02. The van der Waals surface area contributed by atoms with E-state index in [0.717, 1.165) is 0 Å². The molecule has 0 N–H and O–H groups in total. The second-order valence-corrected chi connectivity index (χ2v) is 9.30. The minimum absolute atomic E-state index is 0.108. The molecular formula is C18H20ClN3O4S. The molecule has 9 heteroatoms. The molecule has 1 aliphatic rings. The first-order valence-electron chi connectivity index (χ1n) is 8.50. The van der Waals surface area contributed by atoms with Gasteiger partial charge in [-0.2, -0.15) is 0 Å². The molecule has 1 atom stereocenters. The molecule has 1 aromatic heterocycles. The van der Waals surface area contributed by atoms with Gasteiger partial charge < -0.3 is 4.90 Å². The zero-order chi connectivity index (χ0) is 19.8. The van der Waals surface area contributed by atoms with Crippen molar-refractivity contribution in [3.8, 4) is 0 Å². The van der Waals surface area contributed by atoms with Gasteiger partial charge in [0.2, 0.25) is 5.91 Å². The van der Waals surface area contributed by atoms with Gasteiger partial charge in [0.15, 0.2) is 9.84 Å². The molecule has 2 aromatic rings. The molecule has 27 heavy (non-hydrogen) atoms. The number of nitrogens with zero attached hydrogens (tertiary/aromatic N) is 3. The van der Waals surface area contributed by atoms with E-state index in [9.17, 15) is 18.0 Å². The second kappa shape index (κ2) is 7.44. The molecule has 0 radical (unpaired) electrons. The van der Waals surface area contributed by atoms with E-state index in [1.54, 1.807) is 13.8 Å². The zero-order valence-corrected chi connectivity index (χ0v) is 16.6. The number of likely N-dealkylation sites (tertiary alicyclic amines) is 1. The number of hydrogen-bond donors (Lipinski definition) is 0. The highest BCUT2D eigenvalue weighted by atomic mass is 35.5. The van der Waals surface area contributed by atoms with Crippen molar-refractivity contribution in [1.29, 1.82) is 0 Å². The van der Waals surface area contributed by atoms with Crippen molar-refractivity contribution in [2.45, 2.75) is 37.0 Å². The summed E-state index contributed by atoms with van der Waals surface area (Å²) in [6.45, 7) is 3.69. The number of hydrogen-bond acceptors (Lipinski definition) is 5. The minimum atomic E-state index is -3.55. The molecule has 1 aromatic carbocycles. The van der Waals surface area contributed by atoms with Gasteiger partial charge in [-0.3, -0.25) is 14.2 Å². The number of rotatable bonds is 4. The Balaban J connectivity index is 1.72. The number of carbonyl (C=O) groups is 1. The van der Waals surface area contributed by atoms with Gasteiger partial charge in [0, 0.05) is 29.4 Å². The predicted molar refractivity (Wildman–Crippen MR) is 102 cm³/mol. The van der Waals surface area contributed by atoms with Gasteiger partial charge in [-0.15, -0.1) is 0 Å². The SMILES string of the molecule is Cc1ncn(CC(=O)N2CCC(S(=O)(=O)c3ccc(Cl)cc3)C2)c(=O)c1C. The Morgan fingerprint density at radius 1 is 1.26 bits per heavy atom. The van der Waals surface area contributed by atoms with Gasteiger partial charge in [-0.05, 0) is 44.5 Å². The molecule has 1 amide bonds. The summed E-state index contributed by atoms with van der Waals surface area (Å²) in [5.74, 6) is -0.295. The lowest BCUT2D eigenvalue weighted by Crippen LogP contribution is -2.37. The van der Waals surface area contributed by atoms with Gasteiger partial charge in [0.05, 0.1) is 16.5 Å². The topological polar surface area (TPSA) is 89.3 Å². The minimum Gasteiger partial charge on any atom is -0.340 e. The average Bonchev–Trinajstić information content (AvgIpc) is 3.14. The lowest BCUT2D eigenvalue weighted by molar-refractivity contribution is -0.130. The van der Waals surface area contributed by atoms with E-state index in [1.807, 2.05) is 0 Å². The van der Waals surface area contributed by atoms with Crippen LogP contribution in [0.2, 0.25) is 5.02 Å². The largest absolute Gasteiger partial charge is 0.340 e. The van der Waals surface area contributed by atoms with E-state index in [-0.39, 0.29) is 29.5 Å². The van der Waals surface area contributed by atoms with Crippen LogP contribution in [0.1, 0.15) is 17.7 Å². The van der Waals surface area contributed by atoms with Crippen molar-refractivity contribution in [3.63, 3.8) is 0 Å². The van der Waals surface area contributed by atoms with Gasteiger partial charge in [0.25, 0.3) is 5.56 Å². The first kappa shape index (κ1) is 19.6. The van der Waals surface area contributed by atoms with Crippen molar-refractivity contribution in [3.05, 3.63) is 57.2 Å². The summed E-state index contributed by atoms with van der Waals surface area (Å²) in [5.41, 5.74) is 0.856. The third kappa shape index (κ3) is 3.91. The molecule has 7 nitrogen and oxygen atoms in total. The summed E-state index contributed by atoms with van der Waals surface area (Å²) in [7, 11) is -3.55. The summed E-state index contributed by atoms with van der Waals surface area (Å²) in [4.78, 5) is 30.6. The van der Waals surface area contributed by atoms with Crippen LogP contribution in [0.3, 0.4) is 0 Å². The molecule has 144 valence electrons. The Bertz CT molecular complexity index is 1030. The van der Waals surface area contributed by atoms with Crippen LogP contribution >= 0.6 is 11.6 Å². The maximum Gasteiger partial charge on any atom is 0.256 e. The van der Waals surface area contributed by atoms with E-state index in [0.29, 0.717) is 29.2 Å². The van der Waals surface area contributed by atoms with Gasteiger partial charge >= 0.3 is 0 Å². The van der Waals surface area contributed by atoms with E-state index in [1.165, 1.54) is 40.1 Å². The Kier molecular flexibility index (Phi) is 5.39. The van der Waals surface area contributed by atoms with Crippen molar-refractivity contribution >= 4 is 27.3 Å². The van der Waals surface area contributed by atoms with Crippen molar-refractivity contribution in [2.24, 2.45) is 0 Å². The van der Waals surface area contributed by atoms with Crippen molar-refractivity contribution in [1.82, 2.24) is 14.5 Å². The van der Waals surface area contributed by atoms with E-state index >= 15 is 0 Å². The van der Waals surface area contributed by atoms with E-state index in [2.05, 4.69) is 4.98 Å². The van der Waals surface area contributed by atoms with Gasteiger partial charge in [-0.25, -0.2) is 13.4 Å². The van der Waals surface area contributed by atoms with E-state index < -0.39 is 15.1 Å². The highest BCUT2D eigenvalue weighted by molar-refractivity contribution is 7.92. The summed E-state index contributed by atoms with van der Waals surface area (Å²) < 4.78 is 26.8. The average molecular weight is 410 g/mol. The second-order valence-electron chi connectivity index (χ2n) is 6.64. The molecule has 1 fully saturated rings. The Morgan fingerprint density at radius 3 is 2.59 bits per heavy atom. The molecule has 1 unspecified atom stereocenters. The number of halogens is 1. The van der Waals surface area contributed by atoms with Crippen molar-refractivity contribution < 1.29 is 13.2 Å². The molecule has 1 saturated heterocycles. The Labute approximate surface area is 162 Å². The molecule has 3 rings (SSSR count). The lowest BCUT2D eigenvalue weighted by Gasteiger charge is -2.17. The molecule has 1 aliphatic heterocycles. The highest BCUT2D eigenvalue weighted by Crippen LogP contribution is 2.25. The molecule has 0 spiro atoms. The third-order valence-electron chi connectivity index (χ3n) is 4.90. The molecule has 0 bridgehead atoms. The molecule has 2 heterocycles. The zero-order valence-electron chi connectivity index (χ0n) is 15.1. The fraction of sp³-hybridized carbons (Fsp3) is 0.389. The number of carbonyl (C=O) groups excluding carboxylic acids is 1. The molecule has 0 saturated carbocycles. The number of amides is 1. The normalized spacial score (nSPS) is 17.3. The third-order valence-corrected chi connectivity index (χ3v) is 7.34. The summed E-state index contributed by atoms with van der Waals surface area (Å²) in [6.07, 6.45) is 1.71. The first-order valence-corrected chi connectivity index (χ1v) is 10.4. The smallest absolute Gasteiger partial charge is 0.256 e. The number of benzene rings is 1. The Morgan fingerprint density at radius 2 is 1.93 bits per heavy atom. The van der Waals surface area contributed by atoms with Gasteiger partial charge in [0.1, 0.15) is 6.54 Å². The quantitative estimate of drug-likeness (QED) is 0.764. The van der Waals surface area contributed by atoms with Crippen LogP contribution in [0.4, 0.5) is 0 Å². The maximum absolute atomic E-state index is 12.8. The van der Waals surface area contributed by atoms with Crippen LogP contribution in [-0.4, -0.2) is 47.1 Å². The van der Waals surface area contributed by atoms with E-state index in [4.69, 9.17) is 11.6 Å². The number of aromatic nitrogens is 2. The summed E-state index contributed by atoms with van der Waals surface area (Å²) in [5, 5.41) is -0.207. The monoisotopic (exact) mass is 409 g/mol. The lowest BCUT2D eigenvalue weighted by atomic mass is 10.3. The highest BCUT2D eigenvalue weighted by Gasteiger charge is 2.36. The summed E-state index contributed by atoms with van der Waals surface area (Å²) >= 11 is 5.82. The van der Waals surface area contributed by atoms with Crippen molar-refractivity contribution in [2.75, 3.05) is 13.1 Å². The van der Waals surface area contributed by atoms with Crippen LogP contribution in [0, 0.1) is 13.8 Å². The van der Waals surface area contributed by atoms with Gasteiger partial charge in [-0.1, -0.05) is 11.6 Å². The standard InChI is InChI=1S/C18H20ClN3O4S/c1-12-13(2)20-11-22(18(12)24)10-17(23)21-8-7-16(9-21)27(25,26)15-5-3-14(19)4-6-15/h3-6,11,16H,7-10H2,1-2H3. The fourth-order valence-electron chi connectivity index (χ4n) is 3.06. The van der Waals surface area contributed by atoms with Crippen LogP contribution in [0.15, 0.2) is 40.3 Å². The van der Waals surface area contributed by atoms with Crippen LogP contribution in [0.25, 0.3) is 0 Å². The Hall–Kier alpha value is -2.19. The predicted octanol–water partition coefficient (Wildman–Crippen LogP) is 1.59. The first-order chi connectivity index (χ1) is 12.7. The van der Waals surface area contributed by atoms with Crippen LogP contribution < -0.4 is 5.56 Å². The van der Waals surface area contributed by atoms with Crippen LogP contribution in [-0.2, 0) is 21.2 Å². The fourth-order valence-corrected chi connectivity index (χ4v) is 4.88. The molecule has 0 aliphatic carbocycles. The molecular weight excluding hydrogens is 390 g/mol. The number of aryl methyl sites for hydroxylation is 1. The number of sulfone groups is 1.